The molecule has 3 rings (SSSR count). The van der Waals surface area contributed by atoms with Crippen LogP contribution in [0, 0.1) is 0 Å². The highest BCUT2D eigenvalue weighted by atomic mass is 79.9. The number of nitrogens with two attached hydrogens (primary N) is 1. The van der Waals surface area contributed by atoms with Gasteiger partial charge in [0, 0.05) is 36.6 Å². The number of rotatable bonds is 1. The molecule has 0 fully saturated rings. The maximum atomic E-state index is 7.00. The van der Waals surface area contributed by atoms with E-state index in [4.69, 9.17) is 15.8 Å². The standard InChI is InChI=1S/C11H7BrN2S2.BH2O2/c12-7-5-16-10-6(8-2-1-3-15-8)4-14-11(13)9(7)10;2-1-3/h1-5H,(H2,13,14);2-3H. The normalized spacial score (nSPS) is 10.1. The summed E-state index contributed by atoms with van der Waals surface area (Å²) in [6, 6.07) is 4.15. The van der Waals surface area contributed by atoms with E-state index in [1.165, 1.54) is 9.58 Å². The summed E-state index contributed by atoms with van der Waals surface area (Å²) < 4.78 is 2.22. The predicted molar refractivity (Wildman–Crippen MR) is 85.2 cm³/mol. The van der Waals surface area contributed by atoms with E-state index in [0.29, 0.717) is 5.82 Å². The average molecular weight is 356 g/mol. The molecule has 4 nitrogen and oxygen atoms in total. The summed E-state index contributed by atoms with van der Waals surface area (Å²) in [5.74, 6) is 0.587. The maximum Gasteiger partial charge on any atom is 0.482 e. The van der Waals surface area contributed by atoms with Crippen LogP contribution >= 0.6 is 38.6 Å². The van der Waals surface area contributed by atoms with Crippen LogP contribution in [0.5, 0.6) is 0 Å². The van der Waals surface area contributed by atoms with Gasteiger partial charge in [0.2, 0.25) is 0 Å². The highest BCUT2D eigenvalue weighted by Crippen LogP contribution is 2.40. The van der Waals surface area contributed by atoms with Crippen molar-refractivity contribution in [3.63, 3.8) is 0 Å². The van der Waals surface area contributed by atoms with Crippen molar-refractivity contribution in [3.8, 4) is 10.4 Å². The molecule has 19 heavy (non-hydrogen) atoms. The molecule has 8 heteroatoms. The van der Waals surface area contributed by atoms with Crippen LogP contribution in [0.2, 0.25) is 0 Å². The average Bonchev–Trinajstić information content (AvgIpc) is 3.01. The van der Waals surface area contributed by atoms with Gasteiger partial charge in [-0.1, -0.05) is 6.07 Å². The van der Waals surface area contributed by atoms with Gasteiger partial charge in [0.15, 0.2) is 0 Å². The molecule has 0 aliphatic heterocycles. The number of hydrogen-bond acceptors (Lipinski definition) is 6. The lowest BCUT2D eigenvalue weighted by molar-refractivity contribution is 0.448. The molecule has 97 valence electrons. The molecule has 0 bridgehead atoms. The zero-order valence-electron chi connectivity index (χ0n) is 9.58. The molecule has 0 atom stereocenters. The number of hydrogen-bond donors (Lipinski definition) is 3. The van der Waals surface area contributed by atoms with Crippen LogP contribution < -0.4 is 5.73 Å². The van der Waals surface area contributed by atoms with Crippen LogP contribution in [0.4, 0.5) is 5.82 Å². The van der Waals surface area contributed by atoms with Gasteiger partial charge in [0.05, 0.1) is 0 Å². The Balaban J connectivity index is 0.000000408. The van der Waals surface area contributed by atoms with Crippen LogP contribution in [0.25, 0.3) is 20.5 Å². The molecule has 3 aromatic heterocycles. The van der Waals surface area contributed by atoms with Gasteiger partial charge in [-0.25, -0.2) is 4.98 Å². The minimum absolute atomic E-state index is 0. The summed E-state index contributed by atoms with van der Waals surface area (Å²) in [4.78, 5) is 5.49. The van der Waals surface area contributed by atoms with Gasteiger partial charge in [0.1, 0.15) is 5.82 Å². The third-order valence-electron chi connectivity index (χ3n) is 2.37. The fourth-order valence-corrected chi connectivity index (χ4v) is 4.22. The topological polar surface area (TPSA) is 79.4 Å². The molecular weight excluding hydrogens is 347 g/mol. The van der Waals surface area contributed by atoms with E-state index in [2.05, 4.69) is 37.7 Å². The second-order valence-electron chi connectivity index (χ2n) is 3.44. The van der Waals surface area contributed by atoms with Gasteiger partial charge >= 0.3 is 7.69 Å². The zero-order valence-corrected chi connectivity index (χ0v) is 12.8. The molecule has 0 aliphatic rings. The molecule has 0 aliphatic carbocycles. The number of anilines is 1. The summed E-state index contributed by atoms with van der Waals surface area (Å²) >= 11 is 6.92. The smallest absolute Gasteiger partial charge is 0.429 e. The molecular formula is C11H9BBrN2O2S2. The lowest BCUT2D eigenvalue weighted by Gasteiger charge is -2.02. The predicted octanol–water partition coefficient (Wildman–Crippen LogP) is 2.87. The summed E-state index contributed by atoms with van der Waals surface area (Å²) in [5.41, 5.74) is 7.05. The summed E-state index contributed by atoms with van der Waals surface area (Å²) in [6.45, 7) is 0. The highest BCUT2D eigenvalue weighted by molar-refractivity contribution is 9.10. The molecule has 4 N–H and O–H groups in total. The van der Waals surface area contributed by atoms with Crippen molar-refractivity contribution < 1.29 is 10.0 Å². The minimum Gasteiger partial charge on any atom is -0.429 e. The van der Waals surface area contributed by atoms with Crippen molar-refractivity contribution in [2.24, 2.45) is 0 Å². The van der Waals surface area contributed by atoms with E-state index < -0.39 is 0 Å². The fourth-order valence-electron chi connectivity index (χ4n) is 1.64. The number of thiophene rings is 2. The third-order valence-corrected chi connectivity index (χ3v) is 5.21. The van der Waals surface area contributed by atoms with Crippen LogP contribution in [0.1, 0.15) is 0 Å². The Hall–Kier alpha value is -0.925. The van der Waals surface area contributed by atoms with Crippen molar-refractivity contribution in [1.29, 1.82) is 0 Å². The Kier molecular flexibility index (Phi) is 4.95. The van der Waals surface area contributed by atoms with Crippen molar-refractivity contribution >= 4 is 62.2 Å². The van der Waals surface area contributed by atoms with Crippen LogP contribution in [-0.4, -0.2) is 22.7 Å². The van der Waals surface area contributed by atoms with Crippen molar-refractivity contribution in [2.45, 2.75) is 0 Å². The first-order valence-corrected chi connectivity index (χ1v) is 7.69. The van der Waals surface area contributed by atoms with Crippen molar-refractivity contribution in [2.75, 3.05) is 5.73 Å². The van der Waals surface area contributed by atoms with Crippen LogP contribution in [-0.2, 0) is 0 Å². The Morgan fingerprint density at radius 2 is 2.05 bits per heavy atom. The molecule has 3 aromatic rings. The first kappa shape index (κ1) is 14.5. The number of fused-ring (bicyclic) bond motifs is 1. The van der Waals surface area contributed by atoms with E-state index >= 15 is 0 Å². The van der Waals surface area contributed by atoms with Gasteiger partial charge in [-0.15, -0.1) is 22.7 Å². The minimum atomic E-state index is 0. The summed E-state index contributed by atoms with van der Waals surface area (Å²) in [5, 5.41) is 19.1. The number of halogens is 1. The maximum absolute atomic E-state index is 7.00. The molecule has 0 aromatic carbocycles. The Morgan fingerprint density at radius 3 is 2.68 bits per heavy atom. The van der Waals surface area contributed by atoms with E-state index in [1.54, 1.807) is 22.7 Å². The van der Waals surface area contributed by atoms with Crippen LogP contribution in [0.15, 0.2) is 33.6 Å². The lowest BCUT2D eigenvalue weighted by atomic mass is 10.2. The Bertz CT molecular complexity index is 673. The lowest BCUT2D eigenvalue weighted by Crippen LogP contribution is -1.90. The van der Waals surface area contributed by atoms with E-state index in [-0.39, 0.29) is 7.69 Å². The van der Waals surface area contributed by atoms with E-state index in [9.17, 15) is 0 Å². The van der Waals surface area contributed by atoms with E-state index in [0.717, 1.165) is 15.4 Å². The van der Waals surface area contributed by atoms with Gasteiger partial charge in [-0.2, -0.15) is 0 Å². The van der Waals surface area contributed by atoms with Gasteiger partial charge < -0.3 is 15.8 Å². The second kappa shape index (κ2) is 6.49. The molecule has 3 heterocycles. The monoisotopic (exact) mass is 355 g/mol. The van der Waals surface area contributed by atoms with E-state index in [1.807, 2.05) is 12.3 Å². The summed E-state index contributed by atoms with van der Waals surface area (Å²) in [7, 11) is 0. The quantitative estimate of drug-likeness (QED) is 0.586. The first-order valence-electron chi connectivity index (χ1n) is 5.14. The fraction of sp³-hybridized carbons (Fsp3) is 0. The van der Waals surface area contributed by atoms with Gasteiger partial charge in [0.25, 0.3) is 0 Å². The molecule has 0 saturated heterocycles. The number of aromatic nitrogens is 1. The number of pyridine rings is 1. The largest absolute Gasteiger partial charge is 0.482 e. The number of nitrogen functional groups attached to an aromatic ring is 1. The molecule has 0 spiro atoms. The SMILES string of the molecule is Nc1ncc(-c2cccs2)c2scc(Br)c12.O[B]O. The zero-order chi connectivity index (χ0) is 13.8. The highest BCUT2D eigenvalue weighted by Gasteiger charge is 2.12. The van der Waals surface area contributed by atoms with Gasteiger partial charge in [-0.3, -0.25) is 0 Å². The molecule has 0 amide bonds. The summed E-state index contributed by atoms with van der Waals surface area (Å²) in [6.07, 6.45) is 1.85. The third kappa shape index (κ3) is 2.98. The van der Waals surface area contributed by atoms with Crippen molar-refractivity contribution in [1.82, 2.24) is 4.98 Å². The second-order valence-corrected chi connectivity index (χ2v) is 6.12. The van der Waals surface area contributed by atoms with Crippen LogP contribution in [0.3, 0.4) is 0 Å². The Labute approximate surface area is 127 Å². The Morgan fingerprint density at radius 1 is 1.32 bits per heavy atom. The van der Waals surface area contributed by atoms with Crippen molar-refractivity contribution in [3.05, 3.63) is 33.6 Å². The van der Waals surface area contributed by atoms with Gasteiger partial charge in [-0.05, 0) is 27.4 Å². The molecule has 0 unspecified atom stereocenters. The number of nitrogens with zero attached hydrogens (tertiary/aromatic N) is 1. The molecule has 1 radical (unpaired) electrons. The molecule has 0 saturated carbocycles. The first-order chi connectivity index (χ1) is 9.19.